The highest BCUT2D eigenvalue weighted by atomic mass is 16.6. The van der Waals surface area contributed by atoms with E-state index in [-0.39, 0.29) is 6.09 Å². The molecular formula is C24H29N5O2. The molecule has 162 valence electrons. The minimum atomic E-state index is -0.485. The van der Waals surface area contributed by atoms with E-state index in [4.69, 9.17) is 9.84 Å². The maximum Gasteiger partial charge on any atom is 0.410 e. The van der Waals surface area contributed by atoms with E-state index in [0.717, 1.165) is 35.7 Å². The Labute approximate surface area is 183 Å². The lowest BCUT2D eigenvalue weighted by molar-refractivity contribution is 0.0240. The first-order valence-electron chi connectivity index (χ1n) is 10.6. The van der Waals surface area contributed by atoms with E-state index in [2.05, 4.69) is 28.2 Å². The molecule has 0 bridgehead atoms. The first-order valence-corrected chi connectivity index (χ1v) is 10.6. The number of amides is 1. The van der Waals surface area contributed by atoms with Crippen LogP contribution in [0.5, 0.6) is 0 Å². The zero-order valence-corrected chi connectivity index (χ0v) is 18.4. The van der Waals surface area contributed by atoms with Crippen LogP contribution in [0.15, 0.2) is 60.9 Å². The molecular weight excluding hydrogens is 390 g/mol. The zero-order chi connectivity index (χ0) is 21.8. The van der Waals surface area contributed by atoms with Crippen LogP contribution >= 0.6 is 0 Å². The third-order valence-corrected chi connectivity index (χ3v) is 5.11. The van der Waals surface area contributed by atoms with Gasteiger partial charge in [-0.1, -0.05) is 36.4 Å². The summed E-state index contributed by atoms with van der Waals surface area (Å²) in [7, 11) is 0. The summed E-state index contributed by atoms with van der Waals surface area (Å²) < 4.78 is 7.47. The van der Waals surface area contributed by atoms with Gasteiger partial charge in [-0.25, -0.2) is 4.79 Å². The summed E-state index contributed by atoms with van der Waals surface area (Å²) in [5.41, 5.74) is 3.58. The van der Waals surface area contributed by atoms with Crippen LogP contribution in [0.4, 0.5) is 10.5 Å². The summed E-state index contributed by atoms with van der Waals surface area (Å²) >= 11 is 0. The summed E-state index contributed by atoms with van der Waals surface area (Å²) in [6.07, 6.45) is 3.63. The normalized spacial score (nSPS) is 14.5. The Bertz CT molecular complexity index is 1000. The van der Waals surface area contributed by atoms with Crippen molar-refractivity contribution in [2.75, 3.05) is 31.1 Å². The van der Waals surface area contributed by atoms with E-state index >= 15 is 0 Å². The molecule has 4 rings (SSSR count). The monoisotopic (exact) mass is 419 g/mol. The minimum Gasteiger partial charge on any atom is -0.444 e. The fraction of sp³-hybridized carbons (Fsp3) is 0.375. The first kappa shape index (κ1) is 20.9. The second-order valence-electron chi connectivity index (χ2n) is 8.70. The highest BCUT2D eigenvalue weighted by Crippen LogP contribution is 2.30. The van der Waals surface area contributed by atoms with E-state index in [9.17, 15) is 4.79 Å². The fourth-order valence-corrected chi connectivity index (χ4v) is 3.64. The number of nitrogens with zero attached hydrogens (tertiary/aromatic N) is 5. The quantitative estimate of drug-likeness (QED) is 0.638. The third-order valence-electron chi connectivity index (χ3n) is 5.11. The molecule has 1 fully saturated rings. The van der Waals surface area contributed by atoms with Gasteiger partial charge in [0.05, 0.1) is 17.9 Å². The molecule has 7 heteroatoms. The molecule has 0 radical (unpaired) electrons. The van der Waals surface area contributed by atoms with E-state index in [1.807, 2.05) is 61.9 Å². The largest absolute Gasteiger partial charge is 0.444 e. The van der Waals surface area contributed by atoms with Crippen molar-refractivity contribution in [1.29, 1.82) is 0 Å². The van der Waals surface area contributed by atoms with Crippen molar-refractivity contribution >= 4 is 11.8 Å². The molecule has 0 unspecified atom stereocenters. The van der Waals surface area contributed by atoms with Crippen LogP contribution in [0.25, 0.3) is 11.3 Å². The Morgan fingerprint density at radius 1 is 1.00 bits per heavy atom. The van der Waals surface area contributed by atoms with Crippen LogP contribution in [0, 0.1) is 0 Å². The summed E-state index contributed by atoms with van der Waals surface area (Å²) in [6.45, 7) is 8.99. The lowest BCUT2D eigenvalue weighted by atomic mass is 10.1. The second-order valence-corrected chi connectivity index (χ2v) is 8.70. The molecule has 7 nitrogen and oxygen atoms in total. The summed E-state index contributed by atoms with van der Waals surface area (Å²) in [5.74, 6) is 0. The van der Waals surface area contributed by atoms with Gasteiger partial charge in [-0.05, 0) is 32.9 Å². The van der Waals surface area contributed by atoms with Gasteiger partial charge in [0.2, 0.25) is 0 Å². The molecule has 2 aromatic heterocycles. The summed E-state index contributed by atoms with van der Waals surface area (Å²) in [4.78, 5) is 20.9. The predicted octanol–water partition coefficient (Wildman–Crippen LogP) is 4.05. The van der Waals surface area contributed by atoms with Crippen molar-refractivity contribution in [3.63, 3.8) is 0 Å². The number of piperazine rings is 1. The van der Waals surface area contributed by atoms with Gasteiger partial charge in [0.1, 0.15) is 11.3 Å². The van der Waals surface area contributed by atoms with Gasteiger partial charge in [-0.15, -0.1) is 0 Å². The number of anilines is 1. The number of carbonyl (C=O) groups excluding carboxylic acids is 1. The highest BCUT2D eigenvalue weighted by Gasteiger charge is 2.27. The van der Waals surface area contributed by atoms with E-state index in [1.165, 1.54) is 0 Å². The Balaban J connectivity index is 1.54. The lowest BCUT2D eigenvalue weighted by Gasteiger charge is -2.36. The van der Waals surface area contributed by atoms with Gasteiger partial charge in [-0.2, -0.15) is 5.10 Å². The summed E-state index contributed by atoms with van der Waals surface area (Å²) in [5, 5.41) is 4.88. The van der Waals surface area contributed by atoms with Gasteiger partial charge in [0.25, 0.3) is 0 Å². The Morgan fingerprint density at radius 2 is 1.71 bits per heavy atom. The van der Waals surface area contributed by atoms with Crippen LogP contribution in [0.1, 0.15) is 26.5 Å². The van der Waals surface area contributed by atoms with Crippen LogP contribution in [-0.4, -0.2) is 57.5 Å². The number of benzene rings is 1. The first-order chi connectivity index (χ1) is 14.9. The Hall–Kier alpha value is -3.35. The van der Waals surface area contributed by atoms with Crippen LogP contribution in [0.2, 0.25) is 0 Å². The smallest absolute Gasteiger partial charge is 0.410 e. The molecule has 3 aromatic rings. The second kappa shape index (κ2) is 8.79. The summed E-state index contributed by atoms with van der Waals surface area (Å²) in [6, 6.07) is 16.1. The van der Waals surface area contributed by atoms with Crippen molar-refractivity contribution in [1.82, 2.24) is 19.7 Å². The SMILES string of the molecule is CC(C)(C)OC(=O)N1CCN(c2cn(Cc3ccccn3)nc2-c2ccccc2)CC1. The van der Waals surface area contributed by atoms with Gasteiger partial charge in [0, 0.05) is 44.1 Å². The van der Waals surface area contributed by atoms with E-state index in [1.54, 1.807) is 11.1 Å². The number of hydrogen-bond donors (Lipinski definition) is 0. The van der Waals surface area contributed by atoms with Gasteiger partial charge < -0.3 is 14.5 Å². The average Bonchev–Trinajstić information content (AvgIpc) is 3.18. The Kier molecular flexibility index (Phi) is 5.93. The minimum absolute atomic E-state index is 0.249. The van der Waals surface area contributed by atoms with Crippen molar-refractivity contribution in [2.24, 2.45) is 0 Å². The topological polar surface area (TPSA) is 63.5 Å². The predicted molar refractivity (Wildman–Crippen MR) is 121 cm³/mol. The van der Waals surface area contributed by atoms with E-state index < -0.39 is 5.60 Å². The van der Waals surface area contributed by atoms with Crippen LogP contribution in [-0.2, 0) is 11.3 Å². The standard InChI is InChI=1S/C24H29N5O2/c1-24(2,3)31-23(30)28-15-13-27(14-16-28)21-18-29(17-20-11-7-8-12-25-20)26-22(21)19-9-5-4-6-10-19/h4-12,18H,13-17H2,1-3H3. The fourth-order valence-electron chi connectivity index (χ4n) is 3.64. The molecule has 1 saturated heterocycles. The number of ether oxygens (including phenoxy) is 1. The molecule has 1 aliphatic rings. The van der Waals surface area contributed by atoms with Crippen LogP contribution in [0.3, 0.4) is 0 Å². The molecule has 1 aliphatic heterocycles. The zero-order valence-electron chi connectivity index (χ0n) is 18.4. The molecule has 31 heavy (non-hydrogen) atoms. The van der Waals surface area contributed by atoms with Gasteiger partial charge in [-0.3, -0.25) is 9.67 Å². The van der Waals surface area contributed by atoms with Gasteiger partial charge >= 0.3 is 6.09 Å². The maximum absolute atomic E-state index is 12.4. The Morgan fingerprint density at radius 3 is 2.35 bits per heavy atom. The maximum atomic E-state index is 12.4. The van der Waals surface area contributed by atoms with E-state index in [0.29, 0.717) is 19.6 Å². The number of hydrogen-bond acceptors (Lipinski definition) is 5. The molecule has 1 aromatic carbocycles. The molecule has 0 atom stereocenters. The highest BCUT2D eigenvalue weighted by molar-refractivity contribution is 5.75. The molecule has 0 N–H and O–H groups in total. The number of carbonyl (C=O) groups is 1. The lowest BCUT2D eigenvalue weighted by Crippen LogP contribution is -2.50. The van der Waals surface area contributed by atoms with Crippen molar-refractivity contribution in [3.8, 4) is 11.3 Å². The average molecular weight is 420 g/mol. The van der Waals surface area contributed by atoms with Crippen LogP contribution < -0.4 is 4.90 Å². The molecule has 0 aliphatic carbocycles. The molecule has 0 saturated carbocycles. The number of pyridine rings is 1. The molecule has 0 spiro atoms. The molecule has 1 amide bonds. The number of aromatic nitrogens is 3. The van der Waals surface area contributed by atoms with Gasteiger partial charge in [0.15, 0.2) is 0 Å². The third kappa shape index (κ3) is 5.23. The van der Waals surface area contributed by atoms with Crippen molar-refractivity contribution < 1.29 is 9.53 Å². The van der Waals surface area contributed by atoms with Crippen molar-refractivity contribution in [2.45, 2.75) is 32.9 Å². The molecule has 3 heterocycles. The number of rotatable bonds is 4. The van der Waals surface area contributed by atoms with Crippen molar-refractivity contribution in [3.05, 3.63) is 66.6 Å².